The second-order valence-electron chi connectivity index (χ2n) is 8.86. The number of amides is 3. The van der Waals surface area contributed by atoms with E-state index in [1.54, 1.807) is 24.4 Å². The molecule has 0 bridgehead atoms. The Morgan fingerprint density at radius 3 is 2.23 bits per heavy atom. The summed E-state index contributed by atoms with van der Waals surface area (Å²) in [7, 11) is 0. The van der Waals surface area contributed by atoms with Crippen molar-refractivity contribution in [2.45, 2.75) is 45.4 Å². The minimum absolute atomic E-state index is 0.184. The predicted octanol–water partition coefficient (Wildman–Crippen LogP) is 2.31. The SMILES string of the molecule is CC(=O)N1C=C(c2ccccc2)N(CC(=O)N[C@H](Cc2ccccc2)C(O)C#N)C(=O)C1C(C)C. The van der Waals surface area contributed by atoms with Gasteiger partial charge in [-0.1, -0.05) is 74.5 Å². The molecule has 2 aromatic rings. The number of rotatable bonds is 8. The van der Waals surface area contributed by atoms with Gasteiger partial charge in [-0.15, -0.1) is 0 Å². The molecule has 182 valence electrons. The standard InChI is InChI=1S/C27H30N4O4/c1-18(2)26-27(35)31(23(16-30(26)19(3)32)21-12-8-5-9-13-21)17-25(34)29-22(24(33)15-28)14-20-10-6-4-7-11-20/h4-13,16,18,22,24,26,33H,14,17H2,1-3H3,(H,29,34)/t22-,24?,26?/m1/s1. The Kier molecular flexibility index (Phi) is 8.39. The van der Waals surface area contributed by atoms with Gasteiger partial charge in [0.15, 0.2) is 6.10 Å². The van der Waals surface area contributed by atoms with Gasteiger partial charge < -0.3 is 15.3 Å². The van der Waals surface area contributed by atoms with Crippen molar-refractivity contribution >= 4 is 23.4 Å². The van der Waals surface area contributed by atoms with Crippen LogP contribution in [-0.4, -0.2) is 57.4 Å². The monoisotopic (exact) mass is 474 g/mol. The lowest BCUT2D eigenvalue weighted by molar-refractivity contribution is -0.144. The number of nitriles is 1. The van der Waals surface area contributed by atoms with Crippen LogP contribution < -0.4 is 5.32 Å². The number of benzene rings is 2. The third-order valence-corrected chi connectivity index (χ3v) is 5.90. The highest BCUT2D eigenvalue weighted by Crippen LogP contribution is 2.29. The largest absolute Gasteiger partial charge is 0.376 e. The molecule has 0 spiro atoms. The summed E-state index contributed by atoms with van der Waals surface area (Å²) < 4.78 is 0. The highest BCUT2D eigenvalue weighted by molar-refractivity contribution is 5.99. The third kappa shape index (κ3) is 6.14. The van der Waals surface area contributed by atoms with Crippen molar-refractivity contribution in [2.24, 2.45) is 5.92 Å². The number of hydrogen-bond acceptors (Lipinski definition) is 5. The molecular formula is C27H30N4O4. The minimum atomic E-state index is -1.42. The van der Waals surface area contributed by atoms with E-state index in [1.165, 1.54) is 16.7 Å². The fourth-order valence-electron chi connectivity index (χ4n) is 4.17. The van der Waals surface area contributed by atoms with E-state index in [2.05, 4.69) is 5.32 Å². The molecule has 0 radical (unpaired) electrons. The number of carbonyl (C=O) groups is 3. The zero-order chi connectivity index (χ0) is 25.5. The van der Waals surface area contributed by atoms with E-state index < -0.39 is 24.1 Å². The number of nitrogens with one attached hydrogen (secondary N) is 1. The number of carbonyl (C=O) groups excluding carboxylic acids is 3. The van der Waals surface area contributed by atoms with Gasteiger partial charge in [0.25, 0.3) is 5.91 Å². The maximum absolute atomic E-state index is 13.6. The first-order valence-electron chi connectivity index (χ1n) is 11.5. The fourth-order valence-corrected chi connectivity index (χ4v) is 4.17. The van der Waals surface area contributed by atoms with Crippen molar-refractivity contribution in [1.29, 1.82) is 5.26 Å². The number of aliphatic hydroxyl groups is 1. The number of hydrogen-bond donors (Lipinski definition) is 2. The lowest BCUT2D eigenvalue weighted by Gasteiger charge is -2.40. The van der Waals surface area contributed by atoms with Crippen LogP contribution in [0.2, 0.25) is 0 Å². The van der Waals surface area contributed by atoms with Crippen molar-refractivity contribution in [3.63, 3.8) is 0 Å². The van der Waals surface area contributed by atoms with Crippen LogP contribution in [0.5, 0.6) is 0 Å². The Balaban J connectivity index is 1.90. The first-order valence-corrected chi connectivity index (χ1v) is 11.5. The van der Waals surface area contributed by atoms with Gasteiger partial charge in [0, 0.05) is 13.1 Å². The van der Waals surface area contributed by atoms with Crippen LogP contribution in [0.25, 0.3) is 5.70 Å². The van der Waals surface area contributed by atoms with Crippen LogP contribution in [-0.2, 0) is 20.8 Å². The lowest BCUT2D eigenvalue weighted by Crippen LogP contribution is -2.56. The molecule has 0 saturated carbocycles. The summed E-state index contributed by atoms with van der Waals surface area (Å²) in [5.41, 5.74) is 1.96. The van der Waals surface area contributed by atoms with Gasteiger partial charge in [0.05, 0.1) is 17.8 Å². The van der Waals surface area contributed by atoms with Crippen molar-refractivity contribution < 1.29 is 19.5 Å². The summed E-state index contributed by atoms with van der Waals surface area (Å²) in [6.45, 7) is 4.77. The smallest absolute Gasteiger partial charge is 0.250 e. The number of nitrogens with zero attached hydrogens (tertiary/aromatic N) is 3. The summed E-state index contributed by atoms with van der Waals surface area (Å²) in [6, 6.07) is 18.5. The topological polar surface area (TPSA) is 114 Å². The second kappa shape index (κ2) is 11.4. The summed E-state index contributed by atoms with van der Waals surface area (Å²) in [4.78, 5) is 41.8. The van der Waals surface area contributed by atoms with Gasteiger partial charge in [-0.05, 0) is 23.5 Å². The van der Waals surface area contributed by atoms with Gasteiger partial charge in [-0.2, -0.15) is 5.26 Å². The fraction of sp³-hybridized carbons (Fsp3) is 0.333. The van der Waals surface area contributed by atoms with Crippen LogP contribution in [0, 0.1) is 17.2 Å². The van der Waals surface area contributed by atoms with Crippen molar-refractivity contribution in [2.75, 3.05) is 6.54 Å². The average molecular weight is 475 g/mol. The average Bonchev–Trinajstić information content (AvgIpc) is 2.84. The maximum Gasteiger partial charge on any atom is 0.250 e. The van der Waals surface area contributed by atoms with E-state index >= 15 is 0 Å². The van der Waals surface area contributed by atoms with Crippen molar-refractivity contribution in [3.05, 3.63) is 78.0 Å². The zero-order valence-corrected chi connectivity index (χ0v) is 20.1. The Labute approximate surface area is 205 Å². The van der Waals surface area contributed by atoms with Gasteiger partial charge >= 0.3 is 0 Å². The van der Waals surface area contributed by atoms with E-state index in [-0.39, 0.29) is 30.7 Å². The molecule has 2 N–H and O–H groups in total. The van der Waals surface area contributed by atoms with Crippen molar-refractivity contribution in [1.82, 2.24) is 15.1 Å². The molecule has 1 aliphatic heterocycles. The van der Waals surface area contributed by atoms with E-state index in [0.717, 1.165) is 5.56 Å². The molecule has 1 aliphatic rings. The van der Waals surface area contributed by atoms with Crippen LogP contribution in [0.15, 0.2) is 66.9 Å². The predicted molar refractivity (Wildman–Crippen MR) is 131 cm³/mol. The Morgan fingerprint density at radius 1 is 1.09 bits per heavy atom. The van der Waals surface area contributed by atoms with E-state index in [4.69, 9.17) is 0 Å². The summed E-state index contributed by atoms with van der Waals surface area (Å²) >= 11 is 0. The van der Waals surface area contributed by atoms with Gasteiger partial charge in [0.2, 0.25) is 11.8 Å². The van der Waals surface area contributed by atoms with Crippen LogP contribution in [0.1, 0.15) is 31.9 Å². The molecule has 1 heterocycles. The molecule has 3 atom stereocenters. The molecule has 3 amide bonds. The lowest BCUT2D eigenvalue weighted by atomic mass is 9.97. The van der Waals surface area contributed by atoms with Gasteiger partial charge in [0.1, 0.15) is 12.6 Å². The zero-order valence-electron chi connectivity index (χ0n) is 20.1. The Hall–Kier alpha value is -3.96. The maximum atomic E-state index is 13.6. The third-order valence-electron chi connectivity index (χ3n) is 5.90. The van der Waals surface area contributed by atoms with E-state index in [0.29, 0.717) is 11.3 Å². The normalized spacial score (nSPS) is 17.4. The highest BCUT2D eigenvalue weighted by atomic mass is 16.3. The molecule has 2 aromatic carbocycles. The van der Waals surface area contributed by atoms with Crippen molar-refractivity contribution in [3.8, 4) is 6.07 Å². The summed E-state index contributed by atoms with van der Waals surface area (Å²) in [5.74, 6) is -1.34. The number of aliphatic hydroxyl groups excluding tert-OH is 1. The van der Waals surface area contributed by atoms with Crippen LogP contribution in [0.3, 0.4) is 0 Å². The van der Waals surface area contributed by atoms with Gasteiger partial charge in [-0.25, -0.2) is 0 Å². The molecule has 0 aliphatic carbocycles. The Morgan fingerprint density at radius 2 is 1.69 bits per heavy atom. The minimum Gasteiger partial charge on any atom is -0.376 e. The van der Waals surface area contributed by atoms with Crippen LogP contribution in [0.4, 0.5) is 0 Å². The van der Waals surface area contributed by atoms with Gasteiger partial charge in [-0.3, -0.25) is 19.3 Å². The highest BCUT2D eigenvalue weighted by Gasteiger charge is 2.40. The summed E-state index contributed by atoms with van der Waals surface area (Å²) in [5, 5.41) is 22.2. The molecule has 0 fully saturated rings. The molecule has 35 heavy (non-hydrogen) atoms. The second-order valence-corrected chi connectivity index (χ2v) is 8.86. The molecule has 3 rings (SSSR count). The molecule has 0 aromatic heterocycles. The first kappa shape index (κ1) is 25.7. The van der Waals surface area contributed by atoms with E-state index in [9.17, 15) is 24.8 Å². The quantitative estimate of drug-likeness (QED) is 0.570. The molecule has 8 nitrogen and oxygen atoms in total. The van der Waals surface area contributed by atoms with Crippen LogP contribution >= 0.6 is 0 Å². The molecule has 8 heteroatoms. The molecule has 2 unspecified atom stereocenters. The molecular weight excluding hydrogens is 444 g/mol. The molecule has 0 saturated heterocycles. The Bertz CT molecular complexity index is 1120. The summed E-state index contributed by atoms with van der Waals surface area (Å²) in [6.07, 6.45) is 0.448. The van der Waals surface area contributed by atoms with E-state index in [1.807, 2.05) is 62.4 Å². The first-order chi connectivity index (χ1) is 16.7.